The van der Waals surface area contributed by atoms with E-state index in [1.54, 1.807) is 30.6 Å². The molecule has 0 aliphatic carbocycles. The molecule has 4 heteroatoms. The second-order valence-corrected chi connectivity index (χ2v) is 3.00. The number of hydrogen-bond acceptors (Lipinski definition) is 3. The molecule has 4 nitrogen and oxygen atoms in total. The van der Waals surface area contributed by atoms with E-state index in [-0.39, 0.29) is 18.2 Å². The van der Waals surface area contributed by atoms with Crippen molar-refractivity contribution in [2.24, 2.45) is 0 Å². The number of nitrogens with one attached hydrogen (secondary N) is 1. The molecule has 1 aromatic heterocycles. The molecule has 1 aromatic rings. The summed E-state index contributed by atoms with van der Waals surface area (Å²) in [6, 6.07) is 3.56. The van der Waals surface area contributed by atoms with Crippen molar-refractivity contribution in [3.8, 4) is 0 Å². The first-order valence-electron chi connectivity index (χ1n) is 4.20. The first-order valence-corrected chi connectivity index (χ1v) is 4.20. The van der Waals surface area contributed by atoms with Crippen LogP contribution in [0.5, 0.6) is 0 Å². The predicted molar refractivity (Wildman–Crippen MR) is 50.0 cm³/mol. The highest BCUT2D eigenvalue weighted by molar-refractivity contribution is 6.15. The maximum Gasteiger partial charge on any atom is 0.254 e. The highest BCUT2D eigenvalue weighted by Gasteiger charge is 2.23. The van der Waals surface area contributed by atoms with Crippen molar-refractivity contribution in [2.75, 3.05) is 0 Å². The van der Waals surface area contributed by atoms with Crippen molar-refractivity contribution >= 4 is 17.9 Å². The van der Waals surface area contributed by atoms with E-state index in [4.69, 9.17) is 0 Å². The van der Waals surface area contributed by atoms with Gasteiger partial charge in [-0.2, -0.15) is 0 Å². The number of aromatic nitrogens is 1. The summed E-state index contributed by atoms with van der Waals surface area (Å²) in [6.45, 7) is 0. The summed E-state index contributed by atoms with van der Waals surface area (Å²) in [5.41, 5.74) is 1.38. The Kier molecular flexibility index (Phi) is 2.10. The molecule has 1 aliphatic rings. The molecule has 1 aliphatic heterocycles. The van der Waals surface area contributed by atoms with E-state index >= 15 is 0 Å². The first kappa shape index (κ1) is 8.62. The summed E-state index contributed by atoms with van der Waals surface area (Å²) in [4.78, 5) is 25.9. The Balaban J connectivity index is 2.28. The molecule has 0 radical (unpaired) electrons. The van der Waals surface area contributed by atoms with Gasteiger partial charge in [-0.25, -0.2) is 0 Å². The van der Waals surface area contributed by atoms with Crippen LogP contribution in [0.25, 0.3) is 6.08 Å². The smallest absolute Gasteiger partial charge is 0.254 e. The summed E-state index contributed by atoms with van der Waals surface area (Å²) in [6.07, 6.45) is 5.14. The molecule has 0 aromatic carbocycles. The molecule has 0 bridgehead atoms. The SMILES string of the molecule is O=C1CC(=Cc2ccncc2)C(=O)N1. The monoisotopic (exact) mass is 188 g/mol. The first-order chi connectivity index (χ1) is 6.75. The molecule has 1 fully saturated rings. The van der Waals surface area contributed by atoms with Gasteiger partial charge in [0.05, 0.1) is 6.42 Å². The lowest BCUT2D eigenvalue weighted by molar-refractivity contribution is -0.124. The van der Waals surface area contributed by atoms with Gasteiger partial charge in [0.25, 0.3) is 5.91 Å². The lowest BCUT2D eigenvalue weighted by Crippen LogP contribution is -2.19. The van der Waals surface area contributed by atoms with E-state index in [1.807, 2.05) is 0 Å². The highest BCUT2D eigenvalue weighted by atomic mass is 16.2. The average Bonchev–Trinajstić information content (AvgIpc) is 2.47. The Morgan fingerprint density at radius 2 is 2.00 bits per heavy atom. The number of amides is 2. The van der Waals surface area contributed by atoms with Crippen molar-refractivity contribution in [1.29, 1.82) is 0 Å². The fraction of sp³-hybridized carbons (Fsp3) is 0.100. The second kappa shape index (κ2) is 3.41. The summed E-state index contributed by atoms with van der Waals surface area (Å²) in [5.74, 6) is -0.540. The van der Waals surface area contributed by atoms with Gasteiger partial charge < -0.3 is 0 Å². The number of carbonyl (C=O) groups excluding carboxylic acids is 2. The van der Waals surface area contributed by atoms with Crippen LogP contribution >= 0.6 is 0 Å². The van der Waals surface area contributed by atoms with Crippen molar-refractivity contribution in [2.45, 2.75) is 6.42 Å². The second-order valence-electron chi connectivity index (χ2n) is 3.00. The van der Waals surface area contributed by atoms with Crippen LogP contribution in [0.2, 0.25) is 0 Å². The number of pyridine rings is 1. The molecular formula is C10H8N2O2. The quantitative estimate of drug-likeness (QED) is 0.516. The van der Waals surface area contributed by atoms with Gasteiger partial charge in [-0.15, -0.1) is 0 Å². The Bertz CT molecular complexity index is 409. The van der Waals surface area contributed by atoms with Crippen LogP contribution in [-0.4, -0.2) is 16.8 Å². The normalized spacial score (nSPS) is 18.7. The minimum absolute atomic E-state index is 0.168. The van der Waals surface area contributed by atoms with Gasteiger partial charge in [-0.05, 0) is 23.8 Å². The predicted octanol–water partition coefficient (Wildman–Crippen LogP) is 0.511. The fourth-order valence-corrected chi connectivity index (χ4v) is 1.28. The summed E-state index contributed by atoms with van der Waals surface area (Å²) < 4.78 is 0. The zero-order valence-electron chi connectivity index (χ0n) is 7.36. The minimum atomic E-state index is -0.299. The zero-order chi connectivity index (χ0) is 9.97. The van der Waals surface area contributed by atoms with Crippen LogP contribution in [0.4, 0.5) is 0 Å². The number of rotatable bonds is 1. The lowest BCUT2D eigenvalue weighted by Gasteiger charge is -1.93. The van der Waals surface area contributed by atoms with Crippen LogP contribution in [0.3, 0.4) is 0 Å². The molecule has 1 saturated heterocycles. The molecule has 14 heavy (non-hydrogen) atoms. The van der Waals surface area contributed by atoms with Gasteiger partial charge in [0.1, 0.15) is 0 Å². The summed E-state index contributed by atoms with van der Waals surface area (Å²) in [7, 11) is 0. The number of hydrogen-bond donors (Lipinski definition) is 1. The molecular weight excluding hydrogens is 180 g/mol. The largest absolute Gasteiger partial charge is 0.292 e. The Hall–Kier alpha value is -1.97. The molecule has 0 atom stereocenters. The molecule has 2 amide bonds. The van der Waals surface area contributed by atoms with Crippen LogP contribution in [0, 0.1) is 0 Å². The molecule has 0 saturated carbocycles. The van der Waals surface area contributed by atoms with Crippen molar-refractivity contribution in [3.05, 3.63) is 35.7 Å². The van der Waals surface area contributed by atoms with E-state index in [2.05, 4.69) is 10.3 Å². The number of nitrogens with zero attached hydrogens (tertiary/aromatic N) is 1. The van der Waals surface area contributed by atoms with Crippen molar-refractivity contribution in [3.63, 3.8) is 0 Å². The molecule has 2 heterocycles. The molecule has 0 unspecified atom stereocenters. The van der Waals surface area contributed by atoms with E-state index < -0.39 is 0 Å². The third-order valence-electron chi connectivity index (χ3n) is 1.94. The zero-order valence-corrected chi connectivity index (χ0v) is 7.36. The number of carbonyl (C=O) groups is 2. The summed E-state index contributed by atoms with van der Waals surface area (Å²) >= 11 is 0. The average molecular weight is 188 g/mol. The standard InChI is InChI=1S/C10H8N2O2/c13-9-6-8(10(14)12-9)5-7-1-3-11-4-2-7/h1-5H,6H2,(H,12,13,14). The third-order valence-corrected chi connectivity index (χ3v) is 1.94. The van der Waals surface area contributed by atoms with E-state index in [1.165, 1.54) is 0 Å². The summed E-state index contributed by atoms with van der Waals surface area (Å²) in [5, 5.41) is 2.23. The Morgan fingerprint density at radius 3 is 2.57 bits per heavy atom. The fourth-order valence-electron chi connectivity index (χ4n) is 1.28. The van der Waals surface area contributed by atoms with Crippen LogP contribution in [0.1, 0.15) is 12.0 Å². The van der Waals surface area contributed by atoms with Crippen molar-refractivity contribution < 1.29 is 9.59 Å². The van der Waals surface area contributed by atoms with Gasteiger partial charge in [0.2, 0.25) is 5.91 Å². The van der Waals surface area contributed by atoms with Crippen LogP contribution < -0.4 is 5.32 Å². The van der Waals surface area contributed by atoms with Crippen LogP contribution in [0.15, 0.2) is 30.1 Å². The molecule has 1 N–H and O–H groups in total. The van der Waals surface area contributed by atoms with E-state index in [0.29, 0.717) is 5.57 Å². The van der Waals surface area contributed by atoms with E-state index in [0.717, 1.165) is 5.56 Å². The van der Waals surface area contributed by atoms with Gasteiger partial charge in [-0.1, -0.05) is 0 Å². The van der Waals surface area contributed by atoms with E-state index in [9.17, 15) is 9.59 Å². The number of imide groups is 1. The maximum absolute atomic E-state index is 11.2. The van der Waals surface area contributed by atoms with Gasteiger partial charge in [-0.3, -0.25) is 19.9 Å². The highest BCUT2D eigenvalue weighted by Crippen LogP contribution is 2.13. The maximum atomic E-state index is 11.2. The van der Waals surface area contributed by atoms with Gasteiger partial charge >= 0.3 is 0 Å². The third kappa shape index (κ3) is 1.69. The van der Waals surface area contributed by atoms with Gasteiger partial charge in [0, 0.05) is 18.0 Å². The molecule has 2 rings (SSSR count). The minimum Gasteiger partial charge on any atom is -0.292 e. The molecule has 0 spiro atoms. The van der Waals surface area contributed by atoms with Crippen LogP contribution in [-0.2, 0) is 9.59 Å². The molecule has 70 valence electrons. The Morgan fingerprint density at radius 1 is 1.29 bits per heavy atom. The topological polar surface area (TPSA) is 59.1 Å². The lowest BCUT2D eigenvalue weighted by atomic mass is 10.1. The van der Waals surface area contributed by atoms with Crippen molar-refractivity contribution in [1.82, 2.24) is 10.3 Å². The Labute approximate surface area is 80.7 Å². The van der Waals surface area contributed by atoms with Gasteiger partial charge in [0.15, 0.2) is 0 Å².